The van der Waals surface area contributed by atoms with E-state index in [4.69, 9.17) is 11.5 Å². The van der Waals surface area contributed by atoms with Crippen molar-refractivity contribution in [3.8, 4) is 0 Å². The molecule has 4 N–H and O–H groups in total. The van der Waals surface area contributed by atoms with Crippen LogP contribution >= 0.6 is 0 Å². The van der Waals surface area contributed by atoms with Gasteiger partial charge in [0, 0.05) is 11.6 Å². The van der Waals surface area contributed by atoms with Gasteiger partial charge in [0.05, 0.1) is 0 Å². The lowest BCUT2D eigenvalue weighted by Crippen LogP contribution is -2.43. The summed E-state index contributed by atoms with van der Waals surface area (Å²) in [5, 5.41) is 0. The summed E-state index contributed by atoms with van der Waals surface area (Å²) in [6, 6.07) is 9.20. The molecule has 2 rings (SSSR count). The molecular formula is C16H26N2. The van der Waals surface area contributed by atoms with E-state index in [1.54, 1.807) is 0 Å². The number of rotatable bonds is 1. The summed E-state index contributed by atoms with van der Waals surface area (Å²) in [4.78, 5) is 0. The van der Waals surface area contributed by atoms with E-state index in [1.807, 2.05) is 0 Å². The van der Waals surface area contributed by atoms with Crippen molar-refractivity contribution in [2.75, 3.05) is 0 Å². The van der Waals surface area contributed by atoms with Gasteiger partial charge in [-0.15, -0.1) is 0 Å². The molecule has 0 heterocycles. The molecular weight excluding hydrogens is 220 g/mol. The Morgan fingerprint density at radius 1 is 1.06 bits per heavy atom. The van der Waals surface area contributed by atoms with E-state index >= 15 is 0 Å². The van der Waals surface area contributed by atoms with Crippen molar-refractivity contribution in [1.82, 2.24) is 0 Å². The fourth-order valence-electron chi connectivity index (χ4n) is 2.75. The number of hydrogen-bond donors (Lipinski definition) is 2. The van der Waals surface area contributed by atoms with Crippen LogP contribution in [0.15, 0.2) is 24.3 Å². The summed E-state index contributed by atoms with van der Waals surface area (Å²) >= 11 is 0. The highest BCUT2D eigenvalue weighted by Crippen LogP contribution is 2.35. The fraction of sp³-hybridized carbons (Fsp3) is 0.625. The number of nitrogens with two attached hydrogens (primary N) is 2. The second-order valence-electron chi connectivity index (χ2n) is 6.82. The van der Waals surface area contributed by atoms with Crippen LogP contribution in [-0.2, 0) is 11.0 Å². The molecule has 2 heteroatoms. The maximum absolute atomic E-state index is 6.55. The highest BCUT2D eigenvalue weighted by molar-refractivity contribution is 5.32. The average molecular weight is 246 g/mol. The molecule has 2 nitrogen and oxygen atoms in total. The van der Waals surface area contributed by atoms with Crippen LogP contribution in [0.3, 0.4) is 0 Å². The normalized spacial score (nSPS) is 29.3. The molecule has 1 saturated carbocycles. The standard InChI is InChI=1S/C16H26N2/c1-15(2,3)12-4-6-13(7-5-12)16(18)10-8-14(17)9-11-16/h4-7,14H,8-11,17-18H2,1-3H3. The van der Waals surface area contributed by atoms with E-state index < -0.39 is 0 Å². The van der Waals surface area contributed by atoms with Gasteiger partial charge < -0.3 is 11.5 Å². The Balaban J connectivity index is 2.19. The zero-order chi connectivity index (χ0) is 13.4. The first-order chi connectivity index (χ1) is 8.31. The van der Waals surface area contributed by atoms with Crippen LogP contribution in [0.2, 0.25) is 0 Å². The van der Waals surface area contributed by atoms with Crippen LogP contribution in [0.4, 0.5) is 0 Å². The molecule has 1 aliphatic carbocycles. The monoisotopic (exact) mass is 246 g/mol. The minimum atomic E-state index is -0.160. The second-order valence-corrected chi connectivity index (χ2v) is 6.82. The van der Waals surface area contributed by atoms with Crippen LogP contribution in [0, 0.1) is 0 Å². The first kappa shape index (κ1) is 13.6. The highest BCUT2D eigenvalue weighted by Gasteiger charge is 2.32. The van der Waals surface area contributed by atoms with E-state index in [2.05, 4.69) is 45.0 Å². The van der Waals surface area contributed by atoms with Crippen molar-refractivity contribution in [3.05, 3.63) is 35.4 Å². The summed E-state index contributed by atoms with van der Waals surface area (Å²) in [6.07, 6.45) is 4.08. The molecule has 1 aromatic carbocycles. The van der Waals surface area contributed by atoms with Gasteiger partial charge in [-0.25, -0.2) is 0 Å². The summed E-state index contributed by atoms with van der Waals surface area (Å²) in [5.74, 6) is 0. The van der Waals surface area contributed by atoms with E-state index in [0.717, 1.165) is 25.7 Å². The van der Waals surface area contributed by atoms with Gasteiger partial charge in [0.1, 0.15) is 0 Å². The maximum Gasteiger partial charge on any atom is 0.0410 e. The molecule has 0 atom stereocenters. The van der Waals surface area contributed by atoms with Crippen LogP contribution in [-0.4, -0.2) is 6.04 Å². The topological polar surface area (TPSA) is 52.0 Å². The largest absolute Gasteiger partial charge is 0.328 e. The molecule has 18 heavy (non-hydrogen) atoms. The van der Waals surface area contributed by atoms with E-state index in [9.17, 15) is 0 Å². The predicted molar refractivity (Wildman–Crippen MR) is 77.5 cm³/mol. The van der Waals surface area contributed by atoms with Crippen molar-refractivity contribution in [3.63, 3.8) is 0 Å². The summed E-state index contributed by atoms with van der Waals surface area (Å²) in [5.41, 5.74) is 15.2. The van der Waals surface area contributed by atoms with Gasteiger partial charge >= 0.3 is 0 Å². The molecule has 0 aromatic heterocycles. The summed E-state index contributed by atoms with van der Waals surface area (Å²) in [6.45, 7) is 6.71. The first-order valence-corrected chi connectivity index (χ1v) is 6.97. The van der Waals surface area contributed by atoms with Crippen molar-refractivity contribution < 1.29 is 0 Å². The van der Waals surface area contributed by atoms with E-state index in [1.165, 1.54) is 11.1 Å². The third-order valence-corrected chi connectivity index (χ3v) is 4.25. The fourth-order valence-corrected chi connectivity index (χ4v) is 2.75. The molecule has 0 spiro atoms. The average Bonchev–Trinajstić information content (AvgIpc) is 2.32. The number of hydrogen-bond acceptors (Lipinski definition) is 2. The van der Waals surface area contributed by atoms with Crippen molar-refractivity contribution in [2.24, 2.45) is 11.5 Å². The smallest absolute Gasteiger partial charge is 0.0410 e. The van der Waals surface area contributed by atoms with Gasteiger partial charge in [-0.05, 0) is 42.2 Å². The van der Waals surface area contributed by atoms with Crippen LogP contribution in [0.25, 0.3) is 0 Å². The van der Waals surface area contributed by atoms with Gasteiger partial charge in [-0.1, -0.05) is 45.0 Å². The Morgan fingerprint density at radius 2 is 1.56 bits per heavy atom. The lowest BCUT2D eigenvalue weighted by Gasteiger charge is -2.36. The summed E-state index contributed by atoms with van der Waals surface area (Å²) in [7, 11) is 0. The minimum Gasteiger partial charge on any atom is -0.328 e. The lowest BCUT2D eigenvalue weighted by atomic mass is 9.75. The molecule has 100 valence electrons. The van der Waals surface area contributed by atoms with Gasteiger partial charge in [0.25, 0.3) is 0 Å². The van der Waals surface area contributed by atoms with Crippen LogP contribution in [0.1, 0.15) is 57.6 Å². The van der Waals surface area contributed by atoms with Gasteiger partial charge in [-0.2, -0.15) is 0 Å². The lowest BCUT2D eigenvalue weighted by molar-refractivity contribution is 0.277. The highest BCUT2D eigenvalue weighted by atomic mass is 14.8. The van der Waals surface area contributed by atoms with Crippen LogP contribution < -0.4 is 11.5 Å². The zero-order valence-electron chi connectivity index (χ0n) is 11.9. The molecule has 1 aromatic rings. The third-order valence-electron chi connectivity index (χ3n) is 4.25. The molecule has 0 bridgehead atoms. The molecule has 1 fully saturated rings. The van der Waals surface area contributed by atoms with Crippen molar-refractivity contribution in [2.45, 2.75) is 63.5 Å². The summed E-state index contributed by atoms with van der Waals surface area (Å²) < 4.78 is 0. The molecule has 0 amide bonds. The van der Waals surface area contributed by atoms with E-state index in [0.29, 0.717) is 6.04 Å². The minimum absolute atomic E-state index is 0.160. The first-order valence-electron chi connectivity index (χ1n) is 6.97. The molecule has 0 unspecified atom stereocenters. The quantitative estimate of drug-likeness (QED) is 0.800. The van der Waals surface area contributed by atoms with Gasteiger partial charge in [0.15, 0.2) is 0 Å². The Bertz CT molecular complexity index is 392. The number of benzene rings is 1. The Kier molecular flexibility index (Phi) is 3.52. The van der Waals surface area contributed by atoms with Crippen LogP contribution in [0.5, 0.6) is 0 Å². The predicted octanol–water partition coefficient (Wildman–Crippen LogP) is 3.04. The molecule has 0 radical (unpaired) electrons. The van der Waals surface area contributed by atoms with Crippen molar-refractivity contribution >= 4 is 0 Å². The van der Waals surface area contributed by atoms with Gasteiger partial charge in [0.2, 0.25) is 0 Å². The Labute approximate surface area is 111 Å². The molecule has 0 saturated heterocycles. The SMILES string of the molecule is CC(C)(C)c1ccc(C2(N)CCC(N)CC2)cc1. The third kappa shape index (κ3) is 2.76. The molecule has 0 aliphatic heterocycles. The van der Waals surface area contributed by atoms with E-state index in [-0.39, 0.29) is 11.0 Å². The molecule has 1 aliphatic rings. The second kappa shape index (κ2) is 4.67. The van der Waals surface area contributed by atoms with Gasteiger partial charge in [-0.3, -0.25) is 0 Å². The zero-order valence-corrected chi connectivity index (χ0v) is 11.9. The Hall–Kier alpha value is -0.860. The van der Waals surface area contributed by atoms with Crippen molar-refractivity contribution in [1.29, 1.82) is 0 Å². The Morgan fingerprint density at radius 3 is 2.00 bits per heavy atom. The maximum atomic E-state index is 6.55.